The molecular weight excluding hydrogens is 460 g/mol. The summed E-state index contributed by atoms with van der Waals surface area (Å²) in [5.74, 6) is -0.551. The number of ether oxygens (including phenoxy) is 2. The minimum absolute atomic E-state index is 0.00869. The lowest BCUT2D eigenvalue weighted by Gasteiger charge is -2.49. The summed E-state index contributed by atoms with van der Waals surface area (Å²) in [4.78, 5) is 39.7. The highest BCUT2D eigenvalue weighted by atomic mass is 32.2. The Morgan fingerprint density at radius 1 is 1.21 bits per heavy atom. The number of thioether (sulfide) groups is 1. The van der Waals surface area contributed by atoms with E-state index in [0.29, 0.717) is 28.2 Å². The minimum atomic E-state index is -0.823. The molecule has 0 aromatic heterocycles. The largest absolute Gasteiger partial charge is 0.508 e. The zero-order valence-corrected chi connectivity index (χ0v) is 19.4. The Morgan fingerprint density at radius 2 is 1.94 bits per heavy atom. The predicted molar refractivity (Wildman–Crippen MR) is 124 cm³/mol. The molecule has 3 N–H and O–H groups in total. The Labute approximate surface area is 200 Å². The van der Waals surface area contributed by atoms with Gasteiger partial charge in [0.25, 0.3) is 11.8 Å². The Hall–Kier alpha value is -3.50. The lowest BCUT2D eigenvalue weighted by atomic mass is 10.0. The van der Waals surface area contributed by atoms with Crippen LogP contribution >= 0.6 is 11.8 Å². The topological polar surface area (TPSA) is 125 Å². The van der Waals surface area contributed by atoms with Crippen LogP contribution in [0.15, 0.2) is 53.7 Å². The Morgan fingerprint density at radius 3 is 2.59 bits per heavy atom. The van der Waals surface area contributed by atoms with Gasteiger partial charge in [-0.1, -0.05) is 12.1 Å². The quantitative estimate of drug-likeness (QED) is 0.401. The van der Waals surface area contributed by atoms with Gasteiger partial charge in [0.1, 0.15) is 35.2 Å². The monoisotopic (exact) mass is 484 g/mol. The van der Waals surface area contributed by atoms with Crippen LogP contribution in [-0.2, 0) is 20.9 Å². The van der Waals surface area contributed by atoms with Crippen molar-refractivity contribution in [3.8, 4) is 11.5 Å². The van der Waals surface area contributed by atoms with Crippen molar-refractivity contribution in [1.82, 2.24) is 10.2 Å². The molecule has 178 valence electrons. The number of rotatable bonds is 7. The molecule has 2 aliphatic rings. The average molecular weight is 485 g/mol. The molecule has 34 heavy (non-hydrogen) atoms. The van der Waals surface area contributed by atoms with Gasteiger partial charge in [-0.25, -0.2) is 4.79 Å². The van der Waals surface area contributed by atoms with E-state index in [0.717, 1.165) is 5.56 Å². The van der Waals surface area contributed by atoms with Crippen molar-refractivity contribution >= 4 is 29.5 Å². The van der Waals surface area contributed by atoms with Gasteiger partial charge in [0.15, 0.2) is 0 Å². The molecule has 0 bridgehead atoms. The smallest absolute Gasteiger partial charge is 0.355 e. The Bertz CT molecular complexity index is 1160. The van der Waals surface area contributed by atoms with Gasteiger partial charge in [-0.05, 0) is 54.0 Å². The standard InChI is InChI=1S/C24H24N2O7S/c1-13-9-15(5-8-18(13)28)21(29)25-19-22(30)26-20(16(10-27)12-34-23(19)26)24(31)33-11-14-3-6-17(32-2)7-4-14/h3-9,19,23,27-28H,10-12H2,1-2H3,(H,25,29)/t19-,23-/m0/s1. The maximum absolute atomic E-state index is 12.9. The van der Waals surface area contributed by atoms with Crippen LogP contribution in [0, 0.1) is 6.92 Å². The van der Waals surface area contributed by atoms with Crippen molar-refractivity contribution in [2.75, 3.05) is 19.5 Å². The highest BCUT2D eigenvalue weighted by molar-refractivity contribution is 8.00. The zero-order valence-electron chi connectivity index (χ0n) is 18.6. The molecule has 4 rings (SSSR count). The first-order valence-corrected chi connectivity index (χ1v) is 11.6. The Balaban J connectivity index is 1.45. The number of hydrogen-bond donors (Lipinski definition) is 3. The highest BCUT2D eigenvalue weighted by Crippen LogP contribution is 2.40. The van der Waals surface area contributed by atoms with Crippen LogP contribution in [0.25, 0.3) is 0 Å². The average Bonchev–Trinajstić information content (AvgIpc) is 2.86. The van der Waals surface area contributed by atoms with Gasteiger partial charge >= 0.3 is 5.97 Å². The molecular formula is C24H24N2O7S. The third kappa shape index (κ3) is 4.46. The number of phenolic OH excluding ortho intramolecular Hbond substituents is 1. The van der Waals surface area contributed by atoms with Crippen LogP contribution in [0.2, 0.25) is 0 Å². The maximum Gasteiger partial charge on any atom is 0.355 e. The van der Waals surface area contributed by atoms with E-state index in [1.165, 1.54) is 34.9 Å². The molecule has 10 heteroatoms. The van der Waals surface area contributed by atoms with Gasteiger partial charge in [0.2, 0.25) is 0 Å². The number of aliphatic hydroxyl groups excluding tert-OH is 1. The maximum atomic E-state index is 12.9. The summed E-state index contributed by atoms with van der Waals surface area (Å²) >= 11 is 1.35. The van der Waals surface area contributed by atoms with Crippen molar-refractivity contribution in [3.05, 3.63) is 70.4 Å². The van der Waals surface area contributed by atoms with E-state index in [4.69, 9.17) is 9.47 Å². The minimum Gasteiger partial charge on any atom is -0.508 e. The van der Waals surface area contributed by atoms with E-state index in [2.05, 4.69) is 5.32 Å². The number of nitrogens with zero attached hydrogens (tertiary/aromatic N) is 1. The number of carbonyl (C=O) groups excluding carboxylic acids is 3. The molecule has 0 unspecified atom stereocenters. The second-order valence-corrected chi connectivity index (χ2v) is 9.00. The number of carbonyl (C=O) groups is 3. The fourth-order valence-electron chi connectivity index (χ4n) is 3.75. The van der Waals surface area contributed by atoms with E-state index < -0.39 is 29.2 Å². The SMILES string of the molecule is COc1ccc(COC(=O)C2=C(CO)CS[C@H]3[C@@H](NC(=O)c4ccc(O)c(C)c4)C(=O)N23)cc1. The molecule has 0 spiro atoms. The first-order valence-electron chi connectivity index (χ1n) is 10.5. The van der Waals surface area contributed by atoms with Crippen molar-refractivity contribution in [2.45, 2.75) is 24.9 Å². The van der Waals surface area contributed by atoms with E-state index in [9.17, 15) is 24.6 Å². The Kier molecular flexibility index (Phi) is 6.80. The molecule has 9 nitrogen and oxygen atoms in total. The summed E-state index contributed by atoms with van der Waals surface area (Å²) in [7, 11) is 1.56. The van der Waals surface area contributed by atoms with E-state index in [-0.39, 0.29) is 24.7 Å². The molecule has 1 saturated heterocycles. The van der Waals surface area contributed by atoms with E-state index in [1.54, 1.807) is 38.3 Å². The van der Waals surface area contributed by atoms with Gasteiger partial charge < -0.3 is 25.0 Å². The zero-order chi connectivity index (χ0) is 24.4. The summed E-state index contributed by atoms with van der Waals surface area (Å²) in [6.07, 6.45) is 0. The number of nitrogens with one attached hydrogen (secondary N) is 1. The number of esters is 1. The van der Waals surface area contributed by atoms with E-state index in [1.807, 2.05) is 0 Å². The third-order valence-corrected chi connectivity index (χ3v) is 7.05. The number of hydrogen-bond acceptors (Lipinski definition) is 8. The van der Waals surface area contributed by atoms with Crippen molar-refractivity contribution < 1.29 is 34.1 Å². The van der Waals surface area contributed by atoms with Gasteiger partial charge in [-0.3, -0.25) is 14.5 Å². The first-order chi connectivity index (χ1) is 16.3. The number of β-lactam (4-membered cyclic amide) rings is 1. The third-order valence-electron chi connectivity index (χ3n) is 5.71. The second-order valence-electron chi connectivity index (χ2n) is 7.90. The first kappa shape index (κ1) is 23.7. The van der Waals surface area contributed by atoms with Crippen LogP contribution in [-0.4, -0.2) is 63.8 Å². The molecule has 1 fully saturated rings. The number of phenols is 1. The number of benzene rings is 2. The number of aromatic hydroxyl groups is 1. The number of methoxy groups -OCH3 is 1. The van der Waals surface area contributed by atoms with Crippen LogP contribution in [0.1, 0.15) is 21.5 Å². The molecule has 2 aliphatic heterocycles. The summed E-state index contributed by atoms with van der Waals surface area (Å²) in [6.45, 7) is 1.27. The predicted octanol–water partition coefficient (Wildman–Crippen LogP) is 1.71. The van der Waals surface area contributed by atoms with Gasteiger partial charge in [-0.15, -0.1) is 11.8 Å². The summed E-state index contributed by atoms with van der Waals surface area (Å²) in [5.41, 5.74) is 2.02. The lowest BCUT2D eigenvalue weighted by Crippen LogP contribution is -2.70. The normalized spacial score (nSPS) is 19.3. The number of fused-ring (bicyclic) bond motifs is 1. The lowest BCUT2D eigenvalue weighted by molar-refractivity contribution is -0.152. The van der Waals surface area contributed by atoms with Gasteiger partial charge in [0.05, 0.1) is 13.7 Å². The summed E-state index contributed by atoms with van der Waals surface area (Å²) < 4.78 is 10.5. The van der Waals surface area contributed by atoms with Gasteiger partial charge in [0, 0.05) is 11.3 Å². The van der Waals surface area contributed by atoms with Gasteiger partial charge in [-0.2, -0.15) is 0 Å². The molecule has 2 atom stereocenters. The molecule has 0 radical (unpaired) electrons. The van der Waals surface area contributed by atoms with Crippen LogP contribution in [0.5, 0.6) is 11.5 Å². The fraction of sp³-hybridized carbons (Fsp3) is 0.292. The molecule has 0 saturated carbocycles. The van der Waals surface area contributed by atoms with E-state index >= 15 is 0 Å². The summed E-state index contributed by atoms with van der Waals surface area (Å²) in [6, 6.07) is 10.6. The van der Waals surface area contributed by atoms with Crippen molar-refractivity contribution in [2.24, 2.45) is 0 Å². The van der Waals surface area contributed by atoms with Crippen LogP contribution < -0.4 is 10.1 Å². The molecule has 2 heterocycles. The molecule has 2 aromatic rings. The van der Waals surface area contributed by atoms with Crippen LogP contribution in [0.4, 0.5) is 0 Å². The number of aryl methyl sites for hydroxylation is 1. The number of aliphatic hydroxyl groups is 1. The fourth-order valence-corrected chi connectivity index (χ4v) is 5.09. The highest BCUT2D eigenvalue weighted by Gasteiger charge is 2.54. The molecule has 2 aromatic carbocycles. The molecule has 0 aliphatic carbocycles. The molecule has 2 amide bonds. The number of amides is 2. The second kappa shape index (κ2) is 9.78. The van der Waals surface area contributed by atoms with Crippen molar-refractivity contribution in [3.63, 3.8) is 0 Å². The summed E-state index contributed by atoms with van der Waals surface area (Å²) in [5, 5.41) is 21.6. The van der Waals surface area contributed by atoms with Crippen molar-refractivity contribution in [1.29, 1.82) is 0 Å². The van der Waals surface area contributed by atoms with Crippen LogP contribution in [0.3, 0.4) is 0 Å².